The van der Waals surface area contributed by atoms with E-state index < -0.39 is 11.0 Å². The Hall–Kier alpha value is -3.19. The zero-order valence-corrected chi connectivity index (χ0v) is 27.9. The van der Waals surface area contributed by atoms with Crippen molar-refractivity contribution < 1.29 is 19.0 Å². The average molecular weight is 621 g/mol. The van der Waals surface area contributed by atoms with Gasteiger partial charge in [0.05, 0.1) is 30.8 Å². The molecule has 242 valence electrons. The summed E-state index contributed by atoms with van der Waals surface area (Å²) in [6.45, 7) is 10.2. The normalized spacial score (nSPS) is 36.5. The van der Waals surface area contributed by atoms with Crippen LogP contribution in [0, 0.1) is 17.3 Å². The summed E-state index contributed by atoms with van der Waals surface area (Å²) in [7, 11) is 1.68. The van der Waals surface area contributed by atoms with E-state index in [2.05, 4.69) is 92.1 Å². The molecule has 1 spiro atoms. The van der Waals surface area contributed by atoms with Crippen LogP contribution >= 0.6 is 0 Å². The molecule has 4 saturated heterocycles. The quantitative estimate of drug-likeness (QED) is 0.278. The van der Waals surface area contributed by atoms with Gasteiger partial charge in [-0.2, -0.15) is 0 Å². The van der Waals surface area contributed by atoms with E-state index >= 15 is 0 Å². The molecule has 3 aromatic rings. The molecule has 1 aliphatic carbocycles. The zero-order chi connectivity index (χ0) is 31.8. The molecule has 6 heteroatoms. The van der Waals surface area contributed by atoms with E-state index in [0.29, 0.717) is 11.8 Å². The molecule has 6 nitrogen and oxygen atoms in total. The van der Waals surface area contributed by atoms with E-state index in [1.54, 1.807) is 7.11 Å². The van der Waals surface area contributed by atoms with Crippen molar-refractivity contribution in [2.45, 2.75) is 108 Å². The Bertz CT molecular complexity index is 1610. The summed E-state index contributed by atoms with van der Waals surface area (Å²) in [6.07, 6.45) is 6.20. The fourth-order valence-electron chi connectivity index (χ4n) is 10.1. The van der Waals surface area contributed by atoms with Crippen LogP contribution in [0.2, 0.25) is 0 Å². The molecule has 0 radical (unpaired) electrons. The number of fused-ring (bicyclic) bond motifs is 2. The lowest BCUT2D eigenvalue weighted by atomic mass is 9.65. The SMILES string of the molecule is COc1ccc(N2C(=O)[C@@]3(C)C[C@@H]4CC[C@]3(O4)[C@@H]2c2ccccc2[C@@H]2O[C@@H]3C[C@H](C)CC[C@H]3C(C)(C)N2Cc2ccccc2)cc1. The van der Waals surface area contributed by atoms with Gasteiger partial charge in [-0.15, -0.1) is 0 Å². The van der Waals surface area contributed by atoms with E-state index in [9.17, 15) is 4.79 Å². The Morgan fingerprint density at radius 3 is 2.33 bits per heavy atom. The second-order valence-corrected chi connectivity index (χ2v) is 15.4. The lowest BCUT2D eigenvalue weighted by Crippen LogP contribution is -2.61. The Morgan fingerprint density at radius 1 is 0.891 bits per heavy atom. The molecule has 2 bridgehead atoms. The van der Waals surface area contributed by atoms with Gasteiger partial charge < -0.3 is 19.1 Å². The molecule has 0 N–H and O–H groups in total. The largest absolute Gasteiger partial charge is 0.497 e. The Balaban J connectivity index is 1.29. The second-order valence-electron chi connectivity index (χ2n) is 15.4. The second kappa shape index (κ2) is 10.9. The lowest BCUT2D eigenvalue weighted by Gasteiger charge is -2.58. The Labute approximate surface area is 274 Å². The van der Waals surface area contributed by atoms with E-state index in [1.807, 2.05) is 24.3 Å². The number of anilines is 1. The highest BCUT2D eigenvalue weighted by molar-refractivity contribution is 6.03. The van der Waals surface area contributed by atoms with Crippen LogP contribution in [-0.4, -0.2) is 41.3 Å². The van der Waals surface area contributed by atoms with Crippen LogP contribution in [0.1, 0.15) is 95.2 Å². The summed E-state index contributed by atoms with van der Waals surface area (Å²) < 4.78 is 19.8. The highest BCUT2D eigenvalue weighted by Gasteiger charge is 2.75. The summed E-state index contributed by atoms with van der Waals surface area (Å²) in [4.78, 5) is 19.4. The molecule has 5 fully saturated rings. The number of benzene rings is 3. The first-order valence-corrected chi connectivity index (χ1v) is 17.4. The van der Waals surface area contributed by atoms with Crippen LogP contribution in [0.15, 0.2) is 78.9 Å². The third-order valence-corrected chi connectivity index (χ3v) is 12.6. The van der Waals surface area contributed by atoms with Crippen molar-refractivity contribution in [3.63, 3.8) is 0 Å². The Kier molecular flexibility index (Phi) is 7.17. The van der Waals surface area contributed by atoms with Crippen LogP contribution in [0.4, 0.5) is 5.69 Å². The smallest absolute Gasteiger partial charge is 0.236 e. The maximum atomic E-state index is 14.7. The highest BCUT2D eigenvalue weighted by atomic mass is 16.5. The van der Waals surface area contributed by atoms with Gasteiger partial charge in [-0.3, -0.25) is 9.69 Å². The molecule has 1 amide bonds. The van der Waals surface area contributed by atoms with Gasteiger partial charge in [0.25, 0.3) is 0 Å². The van der Waals surface area contributed by atoms with E-state index in [1.165, 1.54) is 18.4 Å². The molecule has 5 aliphatic rings. The molecule has 46 heavy (non-hydrogen) atoms. The number of hydrogen-bond donors (Lipinski definition) is 0. The highest BCUT2D eigenvalue weighted by Crippen LogP contribution is 2.68. The summed E-state index contributed by atoms with van der Waals surface area (Å²) in [5, 5.41) is 0. The van der Waals surface area contributed by atoms with Gasteiger partial charge in [-0.05, 0) is 94.2 Å². The molecule has 1 saturated carbocycles. The molecule has 8 rings (SSSR count). The number of nitrogens with zero attached hydrogens (tertiary/aromatic N) is 2. The standard InChI is InChI=1S/C40H48N2O4/c1-26-15-20-33-34(23-26)45-36(41(38(33,2)3)25-27-11-7-6-8-12-27)32-14-10-9-13-31(32)35-40-22-21-30(46-40)24-39(40,4)37(43)42(35)28-16-18-29(44-5)19-17-28/h6-14,16-19,26,30,33-36H,15,20-25H2,1-5H3/t26-,30+,33-,34-,35+,36+,39-,40+/m1/s1. The van der Waals surface area contributed by atoms with Crippen LogP contribution in [0.3, 0.4) is 0 Å². The maximum absolute atomic E-state index is 14.7. The number of methoxy groups -OCH3 is 1. The number of rotatable bonds is 6. The van der Waals surface area contributed by atoms with Crippen LogP contribution in [-0.2, 0) is 20.8 Å². The van der Waals surface area contributed by atoms with Gasteiger partial charge in [-0.1, -0.05) is 67.9 Å². The number of ether oxygens (including phenoxy) is 3. The van der Waals surface area contributed by atoms with E-state index in [0.717, 1.165) is 54.8 Å². The van der Waals surface area contributed by atoms with Crippen molar-refractivity contribution >= 4 is 11.6 Å². The van der Waals surface area contributed by atoms with E-state index in [-0.39, 0.29) is 35.9 Å². The van der Waals surface area contributed by atoms with Crippen LogP contribution in [0.5, 0.6) is 5.75 Å². The van der Waals surface area contributed by atoms with Crippen molar-refractivity contribution in [3.8, 4) is 5.75 Å². The number of amides is 1. The monoisotopic (exact) mass is 620 g/mol. The van der Waals surface area contributed by atoms with Crippen LogP contribution < -0.4 is 9.64 Å². The predicted molar refractivity (Wildman–Crippen MR) is 179 cm³/mol. The number of carbonyl (C=O) groups excluding carboxylic acids is 1. The minimum Gasteiger partial charge on any atom is -0.497 e. The first kappa shape index (κ1) is 30.2. The molecule has 3 aromatic carbocycles. The van der Waals surface area contributed by atoms with Crippen molar-refractivity contribution in [1.82, 2.24) is 4.90 Å². The first-order valence-electron chi connectivity index (χ1n) is 17.4. The van der Waals surface area contributed by atoms with Crippen molar-refractivity contribution in [2.75, 3.05) is 12.0 Å². The summed E-state index contributed by atoms with van der Waals surface area (Å²) >= 11 is 0. The summed E-state index contributed by atoms with van der Waals surface area (Å²) in [5.41, 5.74) is 3.18. The van der Waals surface area contributed by atoms with E-state index in [4.69, 9.17) is 14.2 Å². The average Bonchev–Trinajstić information content (AvgIpc) is 3.67. The molecular formula is C40H48N2O4. The fourth-order valence-corrected chi connectivity index (χ4v) is 10.1. The molecule has 8 atom stereocenters. The molecular weight excluding hydrogens is 572 g/mol. The lowest BCUT2D eigenvalue weighted by molar-refractivity contribution is -0.241. The van der Waals surface area contributed by atoms with Crippen LogP contribution in [0.25, 0.3) is 0 Å². The first-order chi connectivity index (χ1) is 22.2. The zero-order valence-electron chi connectivity index (χ0n) is 27.9. The molecule has 4 aliphatic heterocycles. The van der Waals surface area contributed by atoms with Crippen molar-refractivity contribution in [1.29, 1.82) is 0 Å². The van der Waals surface area contributed by atoms with Gasteiger partial charge in [0.1, 0.15) is 17.6 Å². The Morgan fingerprint density at radius 2 is 1.61 bits per heavy atom. The van der Waals surface area contributed by atoms with Crippen molar-refractivity contribution in [2.24, 2.45) is 17.3 Å². The minimum absolute atomic E-state index is 0.0903. The topological polar surface area (TPSA) is 51.2 Å². The summed E-state index contributed by atoms with van der Waals surface area (Å²) in [6, 6.07) is 27.3. The predicted octanol–water partition coefficient (Wildman–Crippen LogP) is 8.23. The molecule has 0 unspecified atom stereocenters. The van der Waals surface area contributed by atoms with Gasteiger partial charge in [0.2, 0.25) is 5.91 Å². The minimum atomic E-state index is -0.596. The van der Waals surface area contributed by atoms with Gasteiger partial charge in [0, 0.05) is 29.3 Å². The third-order valence-electron chi connectivity index (χ3n) is 12.6. The number of carbonyl (C=O) groups is 1. The number of hydrogen-bond acceptors (Lipinski definition) is 5. The van der Waals surface area contributed by atoms with Gasteiger partial charge in [-0.25, -0.2) is 0 Å². The van der Waals surface area contributed by atoms with Gasteiger partial charge in [0.15, 0.2) is 0 Å². The third kappa shape index (κ3) is 4.36. The fraction of sp³-hybridized carbons (Fsp3) is 0.525. The van der Waals surface area contributed by atoms with Gasteiger partial charge >= 0.3 is 0 Å². The molecule has 0 aromatic heterocycles. The van der Waals surface area contributed by atoms with Crippen molar-refractivity contribution in [3.05, 3.63) is 95.6 Å². The molecule has 4 heterocycles. The summed E-state index contributed by atoms with van der Waals surface area (Å²) in [5.74, 6) is 2.04. The maximum Gasteiger partial charge on any atom is 0.236 e.